The lowest BCUT2D eigenvalue weighted by Crippen LogP contribution is -2.09. The Balaban J connectivity index is 2.10. The number of benzene rings is 2. The van der Waals surface area contributed by atoms with Gasteiger partial charge in [0.2, 0.25) is 5.95 Å². The zero-order valence-corrected chi connectivity index (χ0v) is 12.5. The summed E-state index contributed by atoms with van der Waals surface area (Å²) in [5.74, 6) is 0.581. The standard InChI is InChI=1S/C18H17N3O2/c22-11-10-19-18-20-15(13-6-2-1-3-7-13)12-16(21-18)14-8-4-5-9-17(14)23/h1-9,12,22-23H,10-11H2,(H,19,20,21). The van der Waals surface area contributed by atoms with Crippen molar-refractivity contribution >= 4 is 5.95 Å². The van der Waals surface area contributed by atoms with E-state index in [9.17, 15) is 5.11 Å². The molecule has 0 unspecified atom stereocenters. The molecule has 0 amide bonds. The molecule has 0 aliphatic carbocycles. The largest absolute Gasteiger partial charge is 0.507 e. The first-order valence-corrected chi connectivity index (χ1v) is 7.35. The number of hydrogen-bond acceptors (Lipinski definition) is 5. The van der Waals surface area contributed by atoms with Crippen molar-refractivity contribution in [2.75, 3.05) is 18.5 Å². The topological polar surface area (TPSA) is 78.3 Å². The molecule has 1 aromatic heterocycles. The van der Waals surface area contributed by atoms with Crippen LogP contribution in [-0.4, -0.2) is 33.3 Å². The van der Waals surface area contributed by atoms with E-state index in [-0.39, 0.29) is 12.4 Å². The highest BCUT2D eigenvalue weighted by Gasteiger charge is 2.10. The van der Waals surface area contributed by atoms with Crippen LogP contribution < -0.4 is 5.32 Å². The van der Waals surface area contributed by atoms with Crippen LogP contribution in [0.4, 0.5) is 5.95 Å². The Morgan fingerprint density at radius 1 is 0.870 bits per heavy atom. The van der Waals surface area contributed by atoms with Gasteiger partial charge in [-0.2, -0.15) is 0 Å². The lowest BCUT2D eigenvalue weighted by Gasteiger charge is -2.10. The van der Waals surface area contributed by atoms with Crippen LogP contribution in [0.15, 0.2) is 60.7 Å². The van der Waals surface area contributed by atoms with Crippen molar-refractivity contribution in [1.29, 1.82) is 0 Å². The molecule has 3 aromatic rings. The Morgan fingerprint density at radius 2 is 1.57 bits per heavy atom. The minimum absolute atomic E-state index is 0.00908. The Hall–Kier alpha value is -2.92. The molecule has 0 fully saturated rings. The van der Waals surface area contributed by atoms with E-state index < -0.39 is 0 Å². The van der Waals surface area contributed by atoms with Crippen LogP contribution in [-0.2, 0) is 0 Å². The van der Waals surface area contributed by atoms with Crippen LogP contribution in [0, 0.1) is 0 Å². The second-order valence-electron chi connectivity index (χ2n) is 5.00. The van der Waals surface area contributed by atoms with Crippen molar-refractivity contribution in [3.8, 4) is 28.3 Å². The molecule has 0 saturated carbocycles. The summed E-state index contributed by atoms with van der Waals surface area (Å²) < 4.78 is 0. The maximum absolute atomic E-state index is 10.1. The van der Waals surface area contributed by atoms with Crippen LogP contribution in [0.2, 0.25) is 0 Å². The molecule has 0 atom stereocenters. The lowest BCUT2D eigenvalue weighted by molar-refractivity contribution is 0.311. The monoisotopic (exact) mass is 307 g/mol. The summed E-state index contributed by atoms with van der Waals surface area (Å²) in [7, 11) is 0. The normalized spacial score (nSPS) is 10.5. The van der Waals surface area contributed by atoms with E-state index in [1.165, 1.54) is 0 Å². The molecule has 0 spiro atoms. The number of aliphatic hydroxyl groups is 1. The quantitative estimate of drug-likeness (QED) is 0.675. The summed E-state index contributed by atoms with van der Waals surface area (Å²) in [4.78, 5) is 8.92. The minimum atomic E-state index is -0.00908. The molecule has 5 heteroatoms. The summed E-state index contributed by atoms with van der Waals surface area (Å²) in [5, 5.41) is 22.0. The minimum Gasteiger partial charge on any atom is -0.507 e. The number of anilines is 1. The molecule has 3 rings (SSSR count). The van der Waals surface area contributed by atoms with E-state index in [2.05, 4.69) is 15.3 Å². The van der Waals surface area contributed by atoms with E-state index in [0.717, 1.165) is 11.3 Å². The maximum Gasteiger partial charge on any atom is 0.223 e. The van der Waals surface area contributed by atoms with Gasteiger partial charge in [0.1, 0.15) is 5.75 Å². The van der Waals surface area contributed by atoms with E-state index in [1.807, 2.05) is 48.5 Å². The zero-order chi connectivity index (χ0) is 16.1. The van der Waals surface area contributed by atoms with Crippen LogP contribution >= 0.6 is 0 Å². The molecular weight excluding hydrogens is 290 g/mol. The van der Waals surface area contributed by atoms with Gasteiger partial charge in [-0.25, -0.2) is 9.97 Å². The smallest absolute Gasteiger partial charge is 0.223 e. The lowest BCUT2D eigenvalue weighted by atomic mass is 10.1. The molecule has 0 radical (unpaired) electrons. The first-order chi connectivity index (χ1) is 11.3. The third-order valence-electron chi connectivity index (χ3n) is 3.37. The average Bonchev–Trinajstić information content (AvgIpc) is 2.61. The summed E-state index contributed by atoms with van der Waals surface area (Å²) in [6.45, 7) is 0.350. The van der Waals surface area contributed by atoms with Crippen molar-refractivity contribution in [3.63, 3.8) is 0 Å². The number of nitrogens with one attached hydrogen (secondary N) is 1. The molecule has 5 nitrogen and oxygen atoms in total. The second kappa shape index (κ2) is 6.89. The van der Waals surface area contributed by atoms with Crippen molar-refractivity contribution in [2.45, 2.75) is 0 Å². The molecule has 0 bridgehead atoms. The van der Waals surface area contributed by atoms with Crippen molar-refractivity contribution in [2.24, 2.45) is 0 Å². The fourth-order valence-corrected chi connectivity index (χ4v) is 2.28. The molecular formula is C18H17N3O2. The number of aromatic nitrogens is 2. The van der Waals surface area contributed by atoms with Crippen LogP contribution in [0.5, 0.6) is 5.75 Å². The van der Waals surface area contributed by atoms with Gasteiger partial charge in [0.25, 0.3) is 0 Å². The van der Waals surface area contributed by atoms with Gasteiger partial charge < -0.3 is 15.5 Å². The number of aromatic hydroxyl groups is 1. The van der Waals surface area contributed by atoms with Crippen LogP contribution in [0.3, 0.4) is 0 Å². The van der Waals surface area contributed by atoms with Gasteiger partial charge in [-0.3, -0.25) is 0 Å². The van der Waals surface area contributed by atoms with E-state index in [0.29, 0.717) is 23.8 Å². The summed E-state index contributed by atoms with van der Waals surface area (Å²) >= 11 is 0. The SMILES string of the molecule is OCCNc1nc(-c2ccccc2)cc(-c2ccccc2O)n1. The first kappa shape index (κ1) is 15.0. The summed E-state index contributed by atoms with van der Waals surface area (Å²) in [6.07, 6.45) is 0. The fraction of sp³-hybridized carbons (Fsp3) is 0.111. The molecule has 0 saturated heterocycles. The molecule has 23 heavy (non-hydrogen) atoms. The Labute approximate surface area is 134 Å². The van der Waals surface area contributed by atoms with Gasteiger partial charge in [0, 0.05) is 17.7 Å². The number of aliphatic hydroxyl groups excluding tert-OH is 1. The van der Waals surface area contributed by atoms with Crippen molar-refractivity contribution < 1.29 is 10.2 Å². The van der Waals surface area contributed by atoms with Crippen LogP contribution in [0.25, 0.3) is 22.5 Å². The number of phenolic OH excluding ortho intramolecular Hbond substituents is 1. The molecule has 2 aromatic carbocycles. The third kappa shape index (κ3) is 3.46. The van der Waals surface area contributed by atoms with Gasteiger partial charge in [-0.1, -0.05) is 42.5 Å². The van der Waals surface area contributed by atoms with Gasteiger partial charge in [-0.15, -0.1) is 0 Å². The summed E-state index contributed by atoms with van der Waals surface area (Å²) in [5.41, 5.74) is 2.97. The van der Waals surface area contributed by atoms with Crippen molar-refractivity contribution in [3.05, 3.63) is 60.7 Å². The predicted octanol–water partition coefficient (Wildman–Crippen LogP) is 2.92. The average molecular weight is 307 g/mol. The zero-order valence-electron chi connectivity index (χ0n) is 12.5. The van der Waals surface area contributed by atoms with Gasteiger partial charge in [0.05, 0.1) is 18.0 Å². The van der Waals surface area contributed by atoms with E-state index in [4.69, 9.17) is 5.11 Å². The maximum atomic E-state index is 10.1. The van der Waals surface area contributed by atoms with Gasteiger partial charge in [-0.05, 0) is 18.2 Å². The summed E-state index contributed by atoms with van der Waals surface area (Å²) in [6, 6.07) is 18.6. The number of phenols is 1. The highest BCUT2D eigenvalue weighted by atomic mass is 16.3. The van der Waals surface area contributed by atoms with Crippen LogP contribution in [0.1, 0.15) is 0 Å². The number of para-hydroxylation sites is 1. The fourth-order valence-electron chi connectivity index (χ4n) is 2.28. The Morgan fingerprint density at radius 3 is 2.30 bits per heavy atom. The van der Waals surface area contributed by atoms with Crippen molar-refractivity contribution in [1.82, 2.24) is 9.97 Å². The number of hydrogen-bond donors (Lipinski definition) is 3. The molecule has 3 N–H and O–H groups in total. The predicted molar refractivity (Wildman–Crippen MR) is 90.1 cm³/mol. The Kier molecular flexibility index (Phi) is 4.49. The molecule has 0 aliphatic rings. The molecule has 0 aliphatic heterocycles. The molecule has 1 heterocycles. The highest BCUT2D eigenvalue weighted by molar-refractivity contribution is 5.72. The van der Waals surface area contributed by atoms with E-state index >= 15 is 0 Å². The Bertz CT molecular complexity index is 791. The number of rotatable bonds is 5. The van der Waals surface area contributed by atoms with Gasteiger partial charge >= 0.3 is 0 Å². The number of nitrogens with zero attached hydrogens (tertiary/aromatic N) is 2. The third-order valence-corrected chi connectivity index (χ3v) is 3.37. The van der Waals surface area contributed by atoms with E-state index in [1.54, 1.807) is 12.1 Å². The highest BCUT2D eigenvalue weighted by Crippen LogP contribution is 2.30. The second-order valence-corrected chi connectivity index (χ2v) is 5.00. The molecule has 116 valence electrons. The van der Waals surface area contributed by atoms with Gasteiger partial charge in [0.15, 0.2) is 0 Å². The first-order valence-electron chi connectivity index (χ1n) is 7.35.